The van der Waals surface area contributed by atoms with Crippen LogP contribution in [0.3, 0.4) is 0 Å². The lowest BCUT2D eigenvalue weighted by molar-refractivity contribution is -0.00224. The Balaban J connectivity index is 1.21. The quantitative estimate of drug-likeness (QED) is 0.698. The topological polar surface area (TPSA) is 78.5 Å². The lowest BCUT2D eigenvalue weighted by Gasteiger charge is -2.36. The van der Waals surface area contributed by atoms with E-state index in [2.05, 4.69) is 21.2 Å². The standard InChI is InChI=1S/C24H27N3O3/c28-20(22-10-9-16-5-1-4-8-21(16)30-22)15-27-13-11-17(12-14-27)23-18-6-2-3-7-19(18)24(29)26-25-23/h1-8,17,20,22,28H,9-15H2,(H,26,29)/t20-,22+/m0/s1. The molecule has 0 saturated carbocycles. The molecule has 3 aromatic rings. The van der Waals surface area contributed by atoms with Crippen molar-refractivity contribution in [3.63, 3.8) is 0 Å². The second-order valence-electron chi connectivity index (χ2n) is 8.43. The van der Waals surface area contributed by atoms with Gasteiger partial charge in [0.1, 0.15) is 18.0 Å². The van der Waals surface area contributed by atoms with Crippen LogP contribution in [0.15, 0.2) is 53.3 Å². The highest BCUT2D eigenvalue weighted by Gasteiger charge is 2.30. The van der Waals surface area contributed by atoms with E-state index in [1.165, 1.54) is 5.56 Å². The number of para-hydroxylation sites is 1. The molecule has 6 heteroatoms. The smallest absolute Gasteiger partial charge is 0.272 e. The van der Waals surface area contributed by atoms with Crippen molar-refractivity contribution in [3.05, 3.63) is 70.1 Å². The molecule has 0 amide bonds. The van der Waals surface area contributed by atoms with Gasteiger partial charge in [0, 0.05) is 17.8 Å². The van der Waals surface area contributed by atoms with Gasteiger partial charge in [-0.1, -0.05) is 36.4 Å². The highest BCUT2D eigenvalue weighted by molar-refractivity contribution is 5.83. The number of aliphatic hydroxyl groups excluding tert-OH is 1. The Bertz CT molecular complexity index is 1090. The van der Waals surface area contributed by atoms with Crippen LogP contribution in [0.5, 0.6) is 5.75 Å². The molecular formula is C24H27N3O3. The number of aromatic nitrogens is 2. The number of β-amino-alcohol motifs (C(OH)–C–C–N with tert-alkyl or cyclic N) is 1. The van der Waals surface area contributed by atoms with Crippen LogP contribution in [0, 0.1) is 0 Å². The van der Waals surface area contributed by atoms with Crippen LogP contribution in [0.4, 0.5) is 0 Å². The predicted octanol–water partition coefficient (Wildman–Crippen LogP) is 2.86. The number of benzene rings is 2. The van der Waals surface area contributed by atoms with Gasteiger partial charge in [-0.05, 0) is 56.5 Å². The minimum Gasteiger partial charge on any atom is -0.487 e. The van der Waals surface area contributed by atoms with Gasteiger partial charge < -0.3 is 14.7 Å². The fraction of sp³-hybridized carbons (Fsp3) is 0.417. The van der Waals surface area contributed by atoms with E-state index >= 15 is 0 Å². The van der Waals surface area contributed by atoms with Crippen molar-refractivity contribution < 1.29 is 9.84 Å². The van der Waals surface area contributed by atoms with E-state index in [-0.39, 0.29) is 11.7 Å². The van der Waals surface area contributed by atoms with E-state index in [9.17, 15) is 9.90 Å². The molecule has 2 N–H and O–H groups in total. The molecule has 0 aliphatic carbocycles. The second-order valence-corrected chi connectivity index (χ2v) is 8.43. The molecule has 2 aliphatic heterocycles. The molecule has 3 heterocycles. The number of aryl methyl sites for hydroxylation is 1. The van der Waals surface area contributed by atoms with E-state index in [1.54, 1.807) is 0 Å². The monoisotopic (exact) mass is 405 g/mol. The number of likely N-dealkylation sites (tertiary alicyclic amines) is 1. The number of ether oxygens (including phenoxy) is 1. The third kappa shape index (κ3) is 3.73. The van der Waals surface area contributed by atoms with Crippen LogP contribution in [0.2, 0.25) is 0 Å². The first-order valence-electron chi connectivity index (χ1n) is 10.8. The van der Waals surface area contributed by atoms with Gasteiger partial charge >= 0.3 is 0 Å². The van der Waals surface area contributed by atoms with Crippen LogP contribution < -0.4 is 10.3 Å². The molecule has 1 saturated heterocycles. The molecule has 30 heavy (non-hydrogen) atoms. The number of hydrogen-bond acceptors (Lipinski definition) is 5. The Hall–Kier alpha value is -2.70. The predicted molar refractivity (Wildman–Crippen MR) is 116 cm³/mol. The van der Waals surface area contributed by atoms with Gasteiger partial charge in [0.2, 0.25) is 0 Å². The van der Waals surface area contributed by atoms with Gasteiger partial charge in [-0.25, -0.2) is 5.10 Å². The van der Waals surface area contributed by atoms with Gasteiger partial charge in [-0.3, -0.25) is 4.79 Å². The number of hydrogen-bond donors (Lipinski definition) is 2. The molecular weight excluding hydrogens is 378 g/mol. The van der Waals surface area contributed by atoms with Crippen molar-refractivity contribution in [2.24, 2.45) is 0 Å². The third-order valence-corrected chi connectivity index (χ3v) is 6.52. The van der Waals surface area contributed by atoms with E-state index < -0.39 is 6.10 Å². The van der Waals surface area contributed by atoms with Gasteiger partial charge in [-0.2, -0.15) is 5.10 Å². The average Bonchev–Trinajstić information content (AvgIpc) is 2.80. The van der Waals surface area contributed by atoms with Crippen molar-refractivity contribution in [1.29, 1.82) is 0 Å². The first-order valence-corrected chi connectivity index (χ1v) is 10.8. The molecule has 0 spiro atoms. The number of fused-ring (bicyclic) bond motifs is 2. The summed E-state index contributed by atoms with van der Waals surface area (Å²) in [6, 6.07) is 15.8. The van der Waals surface area contributed by atoms with E-state index in [0.29, 0.717) is 17.8 Å². The van der Waals surface area contributed by atoms with Gasteiger partial charge in [0.05, 0.1) is 11.1 Å². The lowest BCUT2D eigenvalue weighted by atomic mass is 9.90. The van der Waals surface area contributed by atoms with Crippen LogP contribution in [0.25, 0.3) is 10.8 Å². The average molecular weight is 405 g/mol. The number of rotatable bonds is 4. The molecule has 156 valence electrons. The minimum absolute atomic E-state index is 0.135. The number of H-pyrrole nitrogens is 1. The summed E-state index contributed by atoms with van der Waals surface area (Å²) in [7, 11) is 0. The molecule has 0 bridgehead atoms. The summed E-state index contributed by atoms with van der Waals surface area (Å²) in [6.45, 7) is 2.43. The number of nitrogens with zero attached hydrogens (tertiary/aromatic N) is 2. The van der Waals surface area contributed by atoms with Crippen molar-refractivity contribution >= 4 is 10.8 Å². The summed E-state index contributed by atoms with van der Waals surface area (Å²) in [4.78, 5) is 14.4. The molecule has 2 atom stereocenters. The summed E-state index contributed by atoms with van der Waals surface area (Å²) >= 11 is 0. The van der Waals surface area contributed by atoms with E-state index in [0.717, 1.165) is 55.6 Å². The normalized spacial score (nSPS) is 21.2. The Morgan fingerprint density at radius 1 is 1.07 bits per heavy atom. The van der Waals surface area contributed by atoms with Crippen molar-refractivity contribution in [2.75, 3.05) is 19.6 Å². The molecule has 0 radical (unpaired) electrons. The zero-order chi connectivity index (χ0) is 20.5. The first-order chi connectivity index (χ1) is 14.7. The minimum atomic E-state index is -0.498. The number of aliphatic hydroxyl groups is 1. The van der Waals surface area contributed by atoms with Crippen molar-refractivity contribution in [1.82, 2.24) is 15.1 Å². The second kappa shape index (κ2) is 8.20. The van der Waals surface area contributed by atoms with Crippen LogP contribution >= 0.6 is 0 Å². The molecule has 6 nitrogen and oxygen atoms in total. The fourth-order valence-corrected chi connectivity index (χ4v) is 4.83. The Morgan fingerprint density at radius 2 is 1.80 bits per heavy atom. The maximum Gasteiger partial charge on any atom is 0.272 e. The summed E-state index contributed by atoms with van der Waals surface area (Å²) in [5.41, 5.74) is 2.07. The van der Waals surface area contributed by atoms with Crippen molar-refractivity contribution in [2.45, 2.75) is 43.8 Å². The van der Waals surface area contributed by atoms with Gasteiger partial charge in [0.25, 0.3) is 5.56 Å². The molecule has 1 aromatic heterocycles. The van der Waals surface area contributed by atoms with Crippen LogP contribution in [-0.2, 0) is 6.42 Å². The van der Waals surface area contributed by atoms with E-state index in [1.807, 2.05) is 42.5 Å². The summed E-state index contributed by atoms with van der Waals surface area (Å²) in [5, 5.41) is 19.5. The molecule has 0 unspecified atom stereocenters. The zero-order valence-electron chi connectivity index (χ0n) is 17.0. The largest absolute Gasteiger partial charge is 0.487 e. The Kier molecular flexibility index (Phi) is 5.27. The molecule has 2 aliphatic rings. The summed E-state index contributed by atoms with van der Waals surface area (Å²) in [5.74, 6) is 1.22. The Morgan fingerprint density at radius 3 is 2.63 bits per heavy atom. The zero-order valence-corrected chi connectivity index (χ0v) is 17.0. The maximum atomic E-state index is 12.0. The number of aromatic amines is 1. The first kappa shape index (κ1) is 19.3. The highest BCUT2D eigenvalue weighted by Crippen LogP contribution is 2.31. The van der Waals surface area contributed by atoms with Gasteiger partial charge in [0.15, 0.2) is 0 Å². The van der Waals surface area contributed by atoms with Crippen LogP contribution in [-0.4, -0.2) is 52.0 Å². The summed E-state index contributed by atoms with van der Waals surface area (Å²) < 4.78 is 6.06. The Labute approximate surface area is 175 Å². The SMILES string of the molecule is O=c1[nH]nc(C2CCN(C[C@H](O)[C@H]3CCc4ccccc4O3)CC2)c2ccccc12. The molecule has 1 fully saturated rings. The lowest BCUT2D eigenvalue weighted by Crippen LogP contribution is -2.45. The highest BCUT2D eigenvalue weighted by atomic mass is 16.5. The van der Waals surface area contributed by atoms with Gasteiger partial charge in [-0.15, -0.1) is 0 Å². The van der Waals surface area contributed by atoms with E-state index in [4.69, 9.17) is 4.74 Å². The molecule has 5 rings (SSSR count). The maximum absolute atomic E-state index is 12.0. The summed E-state index contributed by atoms with van der Waals surface area (Å²) in [6.07, 6.45) is 3.07. The van der Waals surface area contributed by atoms with Crippen LogP contribution in [0.1, 0.15) is 36.4 Å². The van der Waals surface area contributed by atoms with Crippen molar-refractivity contribution in [3.8, 4) is 5.75 Å². The number of piperidine rings is 1. The third-order valence-electron chi connectivity index (χ3n) is 6.52. The molecule has 2 aromatic carbocycles. The number of nitrogens with one attached hydrogen (secondary N) is 1. The fourth-order valence-electron chi connectivity index (χ4n) is 4.83.